The largest absolute Gasteiger partial charge is 0.453 e. The average molecular weight is 914 g/mol. The molecule has 0 amide bonds. The maximum Gasteiger partial charge on any atom is 0.252 e. The first-order valence-electron chi connectivity index (χ1n) is 25.0. The number of rotatable bonds is 6. The fraction of sp³-hybridized carbons (Fsp3) is 0. The lowest BCUT2D eigenvalue weighted by atomic mass is 9.28. The summed E-state index contributed by atoms with van der Waals surface area (Å²) in [6.45, 7) is -0.173. The molecule has 0 N–H and O–H groups in total. The van der Waals surface area contributed by atoms with E-state index in [4.69, 9.17) is 4.74 Å². The summed E-state index contributed by atoms with van der Waals surface area (Å²) in [5.41, 5.74) is 27.7. The van der Waals surface area contributed by atoms with Crippen LogP contribution in [0.5, 0.6) is 11.5 Å². The van der Waals surface area contributed by atoms with Crippen LogP contribution in [-0.2, 0) is 0 Å². The van der Waals surface area contributed by atoms with Crippen LogP contribution < -0.4 is 52.2 Å². The summed E-state index contributed by atoms with van der Waals surface area (Å²) in [6.07, 6.45) is 0. The topological polar surface area (TPSA) is 19.0 Å². The molecule has 11 aromatic carbocycles. The molecule has 0 radical (unpaired) electrons. The van der Waals surface area contributed by atoms with Crippen molar-refractivity contribution >= 4 is 97.4 Å². The van der Waals surface area contributed by atoms with Gasteiger partial charge in [-0.2, -0.15) is 0 Å². The number of ether oxygens (including phenoxy) is 1. The van der Waals surface area contributed by atoms with Crippen molar-refractivity contribution < 1.29 is 4.74 Å². The SMILES string of the molecule is c1ccc(-c2ccc(N3c4ccc(-c5ccccc5)cc4B4c5cccc6c5N5c7c(cccc7B7c8cc(-c9ccccc9)ccc8N(c8ccc(-c9ccccc9)cc8)c8cc3c4c5c87)O6)cc2)cc1. The Hall–Kier alpha value is -9.25. The molecule has 332 valence electrons. The fourth-order valence-corrected chi connectivity index (χ4v) is 12.7. The Labute approximate surface area is 419 Å². The Bertz CT molecular complexity index is 3760. The third-order valence-corrected chi connectivity index (χ3v) is 15.8. The smallest absolute Gasteiger partial charge is 0.252 e. The van der Waals surface area contributed by atoms with E-state index >= 15 is 0 Å². The van der Waals surface area contributed by atoms with Crippen LogP contribution in [0.2, 0.25) is 0 Å². The maximum atomic E-state index is 7.11. The molecule has 0 unspecified atom stereocenters. The summed E-state index contributed by atoms with van der Waals surface area (Å²) >= 11 is 0. The van der Waals surface area contributed by atoms with E-state index in [0.717, 1.165) is 34.2 Å². The zero-order valence-corrected chi connectivity index (χ0v) is 39.1. The molecule has 5 aliphatic rings. The van der Waals surface area contributed by atoms with Gasteiger partial charge in [0.25, 0.3) is 13.4 Å². The summed E-state index contributed by atoms with van der Waals surface area (Å²) in [5, 5.41) is 0. The van der Waals surface area contributed by atoms with Crippen LogP contribution in [0.1, 0.15) is 0 Å². The van der Waals surface area contributed by atoms with Gasteiger partial charge in [0.05, 0.1) is 11.4 Å². The van der Waals surface area contributed by atoms with E-state index < -0.39 is 0 Å². The molecule has 0 fully saturated rings. The second kappa shape index (κ2) is 15.1. The predicted octanol–water partition coefficient (Wildman–Crippen LogP) is 13.2. The summed E-state index contributed by atoms with van der Waals surface area (Å²) in [5.74, 6) is 1.77. The van der Waals surface area contributed by atoms with Crippen molar-refractivity contribution in [3.63, 3.8) is 0 Å². The van der Waals surface area contributed by atoms with E-state index in [0.29, 0.717) is 0 Å². The van der Waals surface area contributed by atoms with Crippen molar-refractivity contribution in [2.75, 3.05) is 14.7 Å². The molecule has 11 aromatic rings. The first kappa shape index (κ1) is 39.6. The van der Waals surface area contributed by atoms with Crippen LogP contribution in [0.25, 0.3) is 44.5 Å². The Morgan fingerprint density at radius 3 is 1.01 bits per heavy atom. The van der Waals surface area contributed by atoms with Gasteiger partial charge in [0.2, 0.25) is 0 Å². The highest BCUT2D eigenvalue weighted by atomic mass is 16.5. The van der Waals surface area contributed by atoms with E-state index in [2.05, 4.69) is 263 Å². The van der Waals surface area contributed by atoms with Gasteiger partial charge >= 0.3 is 0 Å². The van der Waals surface area contributed by atoms with E-state index in [-0.39, 0.29) is 13.4 Å². The number of fused-ring (bicyclic) bond motifs is 6. The zero-order chi connectivity index (χ0) is 47.0. The van der Waals surface area contributed by atoms with Gasteiger partial charge in [-0.15, -0.1) is 0 Å². The van der Waals surface area contributed by atoms with Gasteiger partial charge in [-0.3, -0.25) is 0 Å². The van der Waals surface area contributed by atoms with Crippen LogP contribution in [0.3, 0.4) is 0 Å². The molecule has 0 atom stereocenters. The van der Waals surface area contributed by atoms with Crippen LogP contribution >= 0.6 is 0 Å². The molecule has 0 spiro atoms. The first-order valence-corrected chi connectivity index (χ1v) is 25.0. The number of hydrogen-bond acceptors (Lipinski definition) is 4. The standard InChI is InChI=1S/C66H41B2N3O/c1-5-15-42(16-6-1)46-27-33-50(34-28-46)69-56-37-31-48(44-19-9-3-10-20-44)39-54(56)67-52-23-13-25-60-64(52)71-65-53(24-14-26-61(65)72-60)68-55-40-49(45-21-11-4-12-22-45)32-38-57(55)70(59-41-58(69)62(67)66(71)63(59)68)51-35-29-47(30-36-51)43-17-7-2-8-18-43/h1-41H. The third kappa shape index (κ3) is 5.60. The minimum absolute atomic E-state index is 0.0864. The highest BCUT2D eigenvalue weighted by molar-refractivity contribution is 7.05. The number of hydrogen-bond donors (Lipinski definition) is 0. The molecule has 6 heteroatoms. The van der Waals surface area contributed by atoms with E-state index in [1.807, 2.05) is 0 Å². The fourth-order valence-electron chi connectivity index (χ4n) is 12.7. The van der Waals surface area contributed by atoms with Gasteiger partial charge in [0.15, 0.2) is 11.5 Å². The van der Waals surface area contributed by atoms with Crippen molar-refractivity contribution in [1.29, 1.82) is 0 Å². The molecule has 0 aromatic heterocycles. The first-order chi connectivity index (χ1) is 35.7. The minimum Gasteiger partial charge on any atom is -0.453 e. The highest BCUT2D eigenvalue weighted by Gasteiger charge is 2.54. The van der Waals surface area contributed by atoms with Crippen LogP contribution in [0.15, 0.2) is 249 Å². The van der Waals surface area contributed by atoms with Gasteiger partial charge in [-0.05, 0) is 132 Å². The Morgan fingerprint density at radius 2 is 0.611 bits per heavy atom. The summed E-state index contributed by atoms with van der Waals surface area (Å²) in [6, 6.07) is 91.7. The van der Waals surface area contributed by atoms with Gasteiger partial charge in [-0.25, -0.2) is 0 Å². The molecule has 16 rings (SSSR count). The molecule has 4 nitrogen and oxygen atoms in total. The molecule has 0 bridgehead atoms. The van der Waals surface area contributed by atoms with Crippen LogP contribution in [0, 0.1) is 0 Å². The molecule has 5 heterocycles. The number of nitrogens with zero attached hydrogens (tertiary/aromatic N) is 3. The van der Waals surface area contributed by atoms with Crippen LogP contribution in [0.4, 0.5) is 51.2 Å². The van der Waals surface area contributed by atoms with Crippen molar-refractivity contribution in [2.45, 2.75) is 0 Å². The summed E-state index contributed by atoms with van der Waals surface area (Å²) < 4.78 is 7.11. The number of benzene rings is 11. The molecule has 0 aliphatic carbocycles. The normalized spacial score (nSPS) is 13.5. The predicted molar refractivity (Wildman–Crippen MR) is 302 cm³/mol. The quantitative estimate of drug-likeness (QED) is 0.155. The van der Waals surface area contributed by atoms with Crippen LogP contribution in [-0.4, -0.2) is 13.4 Å². The Morgan fingerprint density at radius 1 is 0.250 bits per heavy atom. The summed E-state index contributed by atoms with van der Waals surface area (Å²) in [4.78, 5) is 7.71. The Balaban J connectivity index is 1.02. The molecule has 0 saturated carbocycles. The monoisotopic (exact) mass is 913 g/mol. The molecule has 0 saturated heterocycles. The second-order valence-electron chi connectivity index (χ2n) is 19.6. The lowest BCUT2D eigenvalue weighted by molar-refractivity contribution is 0.478. The van der Waals surface area contributed by atoms with Crippen molar-refractivity contribution in [1.82, 2.24) is 0 Å². The average Bonchev–Trinajstić information content (AvgIpc) is 3.45. The van der Waals surface area contributed by atoms with Gasteiger partial charge in [0.1, 0.15) is 0 Å². The molecule has 72 heavy (non-hydrogen) atoms. The molecule has 5 aliphatic heterocycles. The van der Waals surface area contributed by atoms with Gasteiger partial charge in [-0.1, -0.05) is 194 Å². The maximum absolute atomic E-state index is 7.11. The lowest BCUT2D eigenvalue weighted by Gasteiger charge is -2.52. The highest BCUT2D eigenvalue weighted by Crippen LogP contribution is 2.56. The summed E-state index contributed by atoms with van der Waals surface area (Å²) in [7, 11) is 0. The van der Waals surface area contributed by atoms with Gasteiger partial charge < -0.3 is 19.4 Å². The van der Waals surface area contributed by atoms with Crippen molar-refractivity contribution in [2.24, 2.45) is 0 Å². The molecular formula is C66H41B2N3O. The zero-order valence-electron chi connectivity index (χ0n) is 39.1. The lowest BCUT2D eigenvalue weighted by Crippen LogP contribution is -2.69. The van der Waals surface area contributed by atoms with E-state index in [1.54, 1.807) is 0 Å². The van der Waals surface area contributed by atoms with Gasteiger partial charge in [0, 0.05) is 39.8 Å². The Kier molecular flexibility index (Phi) is 8.31. The number of para-hydroxylation sites is 2. The van der Waals surface area contributed by atoms with E-state index in [9.17, 15) is 0 Å². The number of anilines is 9. The minimum atomic E-state index is -0.0864. The third-order valence-electron chi connectivity index (χ3n) is 15.8. The van der Waals surface area contributed by atoms with E-state index in [1.165, 1.54) is 106 Å². The van der Waals surface area contributed by atoms with Crippen molar-refractivity contribution in [3.8, 4) is 56.0 Å². The van der Waals surface area contributed by atoms with Crippen molar-refractivity contribution in [3.05, 3.63) is 249 Å². The second-order valence-corrected chi connectivity index (χ2v) is 19.6. The molecular weight excluding hydrogens is 872 g/mol.